The molecule has 0 fully saturated rings. The lowest BCUT2D eigenvalue weighted by atomic mass is 10.2. The Morgan fingerprint density at radius 3 is 2.15 bits per heavy atom. The molecule has 2 nitrogen and oxygen atoms in total. The van der Waals surface area contributed by atoms with E-state index >= 15 is 0 Å². The molecule has 1 unspecified atom stereocenters. The van der Waals surface area contributed by atoms with Gasteiger partial charge in [0.1, 0.15) is 5.94 Å². The quantitative estimate of drug-likeness (QED) is 0.517. The van der Waals surface area contributed by atoms with Gasteiger partial charge in [0.15, 0.2) is 8.32 Å². The second-order valence-corrected chi connectivity index (χ2v) is 9.62. The maximum atomic E-state index is 10.1. The smallest absolute Gasteiger partial charge is 0.192 e. The predicted molar refractivity (Wildman–Crippen MR) is 58.0 cm³/mol. The molecule has 0 amide bonds. The van der Waals surface area contributed by atoms with Crippen LogP contribution in [0, 0.1) is 0 Å². The molecular weight excluding hydrogens is 180 g/mol. The number of rotatable bonds is 3. The minimum atomic E-state index is -1.72. The minimum absolute atomic E-state index is 0.113. The lowest BCUT2D eigenvalue weighted by molar-refractivity contribution is 0.244. The van der Waals surface area contributed by atoms with Crippen LogP contribution >= 0.6 is 0 Å². The van der Waals surface area contributed by atoms with E-state index in [1.165, 1.54) is 6.08 Å². The average molecular weight is 200 g/mol. The van der Waals surface area contributed by atoms with Crippen LogP contribution in [0.25, 0.3) is 0 Å². The van der Waals surface area contributed by atoms with E-state index in [-0.39, 0.29) is 11.1 Å². The van der Waals surface area contributed by atoms with Gasteiger partial charge >= 0.3 is 0 Å². The minimum Gasteiger partial charge on any atom is -0.410 e. The summed E-state index contributed by atoms with van der Waals surface area (Å²) in [5.74, 6) is 1.76. The van der Waals surface area contributed by atoms with Crippen molar-refractivity contribution in [3.05, 3.63) is 6.08 Å². The van der Waals surface area contributed by atoms with Crippen molar-refractivity contribution in [2.24, 2.45) is 0 Å². The maximum Gasteiger partial charge on any atom is 0.192 e. The van der Waals surface area contributed by atoms with E-state index in [2.05, 4.69) is 33.9 Å². The van der Waals surface area contributed by atoms with Crippen molar-refractivity contribution < 1.29 is 9.22 Å². The second-order valence-electron chi connectivity index (χ2n) is 4.87. The average Bonchev–Trinajstić information content (AvgIpc) is 1.83. The van der Waals surface area contributed by atoms with Crippen LogP contribution in [0.3, 0.4) is 0 Å². The fraction of sp³-hybridized carbons (Fsp3) is 0.800. The molecule has 0 rings (SSSR count). The highest BCUT2D eigenvalue weighted by Crippen LogP contribution is 2.37. The Bertz CT molecular complexity index is 209. The molecule has 0 aromatic rings. The molecule has 1 atom stereocenters. The molecule has 0 aliphatic rings. The zero-order valence-corrected chi connectivity index (χ0v) is 10.5. The molecule has 76 valence electrons. The summed E-state index contributed by atoms with van der Waals surface area (Å²) in [4.78, 5) is 10.1. The van der Waals surface area contributed by atoms with Crippen LogP contribution in [0.5, 0.6) is 0 Å². The Kier molecular flexibility index (Phi) is 4.10. The summed E-state index contributed by atoms with van der Waals surface area (Å²) in [5.41, 5.74) is 0. The van der Waals surface area contributed by atoms with Crippen molar-refractivity contribution in [1.29, 1.82) is 0 Å². The summed E-state index contributed by atoms with van der Waals surface area (Å²) in [6.45, 7) is 12.7. The first kappa shape index (κ1) is 12.6. The van der Waals surface area contributed by atoms with Crippen LogP contribution in [-0.4, -0.2) is 20.4 Å². The predicted octanol–water partition coefficient (Wildman–Crippen LogP) is 2.78. The zero-order valence-electron chi connectivity index (χ0n) is 9.47. The van der Waals surface area contributed by atoms with E-state index < -0.39 is 8.32 Å². The monoisotopic (exact) mass is 200 g/mol. The van der Waals surface area contributed by atoms with Crippen molar-refractivity contribution in [2.75, 3.05) is 0 Å². The van der Waals surface area contributed by atoms with Crippen molar-refractivity contribution >= 4 is 14.3 Å². The highest BCUT2D eigenvalue weighted by Gasteiger charge is 2.38. The van der Waals surface area contributed by atoms with E-state index in [1.807, 2.05) is 6.92 Å². The molecule has 0 aliphatic heterocycles. The van der Waals surface area contributed by atoms with Crippen LogP contribution in [-0.2, 0) is 9.22 Å². The Labute approximate surface area is 82.1 Å². The molecular formula is C10H20O2Si. The zero-order chi connectivity index (χ0) is 10.7. The first-order valence-electron chi connectivity index (χ1n) is 4.59. The summed E-state index contributed by atoms with van der Waals surface area (Å²) in [6.07, 6.45) is 1.32. The second kappa shape index (κ2) is 4.23. The Morgan fingerprint density at radius 2 is 1.85 bits per heavy atom. The molecule has 0 saturated heterocycles. The molecule has 0 bridgehead atoms. The summed E-state index contributed by atoms with van der Waals surface area (Å²) < 4.78 is 5.86. The number of carbonyl (C=O) groups excluding carboxylic acids is 1. The van der Waals surface area contributed by atoms with E-state index in [1.54, 1.807) is 5.94 Å². The third-order valence-corrected chi connectivity index (χ3v) is 7.16. The van der Waals surface area contributed by atoms with Crippen molar-refractivity contribution in [2.45, 2.75) is 51.9 Å². The SMILES string of the molecule is CC(C=C=O)O[Si](C)(C)C(C)(C)C. The largest absolute Gasteiger partial charge is 0.410 e. The van der Waals surface area contributed by atoms with Gasteiger partial charge < -0.3 is 4.43 Å². The third kappa shape index (κ3) is 3.90. The van der Waals surface area contributed by atoms with Crippen LogP contribution in [0.1, 0.15) is 27.7 Å². The van der Waals surface area contributed by atoms with Crippen LogP contribution in [0.2, 0.25) is 18.1 Å². The fourth-order valence-corrected chi connectivity index (χ4v) is 2.12. The molecule has 0 radical (unpaired) electrons. The fourth-order valence-electron chi connectivity index (χ4n) is 0.771. The van der Waals surface area contributed by atoms with Crippen LogP contribution in [0.4, 0.5) is 0 Å². The van der Waals surface area contributed by atoms with Gasteiger partial charge in [0.25, 0.3) is 0 Å². The number of hydrogen-bond acceptors (Lipinski definition) is 2. The van der Waals surface area contributed by atoms with Gasteiger partial charge in [-0.2, -0.15) is 0 Å². The van der Waals surface area contributed by atoms with Gasteiger partial charge in [-0.1, -0.05) is 20.8 Å². The van der Waals surface area contributed by atoms with Gasteiger partial charge in [-0.05, 0) is 25.1 Å². The van der Waals surface area contributed by atoms with Gasteiger partial charge in [-0.3, -0.25) is 0 Å². The summed E-state index contributed by atoms with van der Waals surface area (Å²) in [5, 5.41) is 0.192. The van der Waals surface area contributed by atoms with E-state index in [9.17, 15) is 4.79 Å². The van der Waals surface area contributed by atoms with Gasteiger partial charge in [-0.25, -0.2) is 4.79 Å². The molecule has 0 N–H and O–H groups in total. The molecule has 0 spiro atoms. The van der Waals surface area contributed by atoms with Crippen LogP contribution in [0.15, 0.2) is 6.08 Å². The van der Waals surface area contributed by atoms with Crippen molar-refractivity contribution in [3.63, 3.8) is 0 Å². The molecule has 0 aromatic heterocycles. The highest BCUT2D eigenvalue weighted by atomic mass is 28.4. The first-order valence-corrected chi connectivity index (χ1v) is 7.50. The molecule has 0 heterocycles. The summed E-state index contributed by atoms with van der Waals surface area (Å²) in [6, 6.07) is 0. The molecule has 13 heavy (non-hydrogen) atoms. The van der Waals surface area contributed by atoms with Crippen LogP contribution < -0.4 is 0 Å². The van der Waals surface area contributed by atoms with Crippen molar-refractivity contribution in [1.82, 2.24) is 0 Å². The van der Waals surface area contributed by atoms with E-state index in [4.69, 9.17) is 4.43 Å². The third-order valence-electron chi connectivity index (χ3n) is 2.59. The van der Waals surface area contributed by atoms with Gasteiger partial charge in [0.05, 0.1) is 6.10 Å². The van der Waals surface area contributed by atoms with Gasteiger partial charge in [0, 0.05) is 6.08 Å². The topological polar surface area (TPSA) is 26.3 Å². The lowest BCUT2D eigenvalue weighted by Gasteiger charge is -2.37. The molecule has 0 saturated carbocycles. The standard InChI is InChI=1S/C10H20O2Si/c1-9(7-8-11)12-13(5,6)10(2,3)4/h7,9H,1-6H3. The van der Waals surface area contributed by atoms with Crippen molar-refractivity contribution in [3.8, 4) is 0 Å². The summed E-state index contributed by atoms with van der Waals surface area (Å²) >= 11 is 0. The molecule has 3 heteroatoms. The Balaban J connectivity index is 4.42. The molecule has 0 aromatic carbocycles. The normalized spacial score (nSPS) is 14.9. The lowest BCUT2D eigenvalue weighted by Crippen LogP contribution is -2.42. The van der Waals surface area contributed by atoms with E-state index in [0.29, 0.717) is 0 Å². The number of hydrogen-bond donors (Lipinski definition) is 0. The Morgan fingerprint density at radius 1 is 1.38 bits per heavy atom. The van der Waals surface area contributed by atoms with Gasteiger partial charge in [0.2, 0.25) is 0 Å². The van der Waals surface area contributed by atoms with E-state index in [0.717, 1.165) is 0 Å². The molecule has 0 aliphatic carbocycles. The highest BCUT2D eigenvalue weighted by molar-refractivity contribution is 6.74. The first-order chi connectivity index (χ1) is 5.70. The maximum absolute atomic E-state index is 10.1. The Hall–Kier alpha value is -0.373. The summed E-state index contributed by atoms with van der Waals surface area (Å²) in [7, 11) is -1.72. The van der Waals surface area contributed by atoms with Gasteiger partial charge in [-0.15, -0.1) is 0 Å².